The second-order valence-corrected chi connectivity index (χ2v) is 5.14. The molecule has 6 heteroatoms. The van der Waals surface area contributed by atoms with E-state index in [-0.39, 0.29) is 0 Å². The lowest BCUT2D eigenvalue weighted by molar-refractivity contribution is 0.364. The van der Waals surface area contributed by atoms with E-state index in [2.05, 4.69) is 25.8 Å². The van der Waals surface area contributed by atoms with Gasteiger partial charge in [0, 0.05) is 18.9 Å². The number of piperidine rings is 1. The zero-order valence-corrected chi connectivity index (χ0v) is 11.3. The maximum Gasteiger partial charge on any atom is 0.203 e. The van der Waals surface area contributed by atoms with E-state index < -0.39 is 0 Å². The molecular weight excluding hydrogens is 240 g/mol. The van der Waals surface area contributed by atoms with Crippen LogP contribution in [0, 0.1) is 12.8 Å². The fourth-order valence-electron chi connectivity index (χ4n) is 2.63. The maximum absolute atomic E-state index is 4.35. The molecule has 2 aromatic rings. The summed E-state index contributed by atoms with van der Waals surface area (Å²) >= 11 is 0. The van der Waals surface area contributed by atoms with Gasteiger partial charge in [0.15, 0.2) is 5.82 Å². The van der Waals surface area contributed by atoms with Crippen LogP contribution in [0.15, 0.2) is 12.4 Å². The zero-order chi connectivity index (χ0) is 13.1. The van der Waals surface area contributed by atoms with Gasteiger partial charge in [0.2, 0.25) is 5.65 Å². The van der Waals surface area contributed by atoms with Crippen LogP contribution in [-0.4, -0.2) is 39.2 Å². The van der Waals surface area contributed by atoms with E-state index >= 15 is 0 Å². The van der Waals surface area contributed by atoms with E-state index in [1.54, 1.807) is 6.20 Å². The van der Waals surface area contributed by atoms with Crippen LogP contribution in [0.5, 0.6) is 0 Å². The first-order chi connectivity index (χ1) is 9.34. The van der Waals surface area contributed by atoms with Crippen molar-refractivity contribution in [1.29, 1.82) is 0 Å². The molecule has 19 heavy (non-hydrogen) atoms. The number of hydrogen-bond donors (Lipinski definition) is 2. The highest BCUT2D eigenvalue weighted by Gasteiger charge is 2.13. The molecule has 0 aromatic carbocycles. The Morgan fingerprint density at radius 1 is 1.47 bits per heavy atom. The van der Waals surface area contributed by atoms with Crippen molar-refractivity contribution >= 4 is 11.5 Å². The topological polar surface area (TPSA) is 67.1 Å². The lowest BCUT2D eigenvalue weighted by Gasteiger charge is -2.22. The fourth-order valence-corrected chi connectivity index (χ4v) is 2.63. The summed E-state index contributed by atoms with van der Waals surface area (Å²) in [5, 5.41) is 15.1. The van der Waals surface area contributed by atoms with E-state index in [4.69, 9.17) is 0 Å². The van der Waals surface area contributed by atoms with Crippen LogP contribution >= 0.6 is 0 Å². The highest BCUT2D eigenvalue weighted by molar-refractivity contribution is 5.61. The molecule has 1 aliphatic rings. The summed E-state index contributed by atoms with van der Waals surface area (Å²) in [6, 6.07) is 0. The van der Waals surface area contributed by atoms with Gasteiger partial charge in [-0.25, -0.2) is 4.98 Å². The molecule has 0 spiro atoms. The summed E-state index contributed by atoms with van der Waals surface area (Å²) in [6.07, 6.45) is 7.47. The Labute approximate surface area is 112 Å². The van der Waals surface area contributed by atoms with E-state index in [9.17, 15) is 0 Å². The van der Waals surface area contributed by atoms with Crippen molar-refractivity contribution < 1.29 is 0 Å². The first-order valence-corrected chi connectivity index (χ1v) is 6.95. The highest BCUT2D eigenvalue weighted by atomic mass is 15.3. The van der Waals surface area contributed by atoms with E-state index in [1.165, 1.54) is 25.8 Å². The van der Waals surface area contributed by atoms with Gasteiger partial charge < -0.3 is 10.6 Å². The molecule has 1 atom stereocenters. The molecule has 0 amide bonds. The minimum absolute atomic E-state index is 0.778. The van der Waals surface area contributed by atoms with Crippen LogP contribution in [0.4, 0.5) is 5.82 Å². The molecule has 3 rings (SSSR count). The van der Waals surface area contributed by atoms with E-state index in [0.29, 0.717) is 0 Å². The molecule has 1 saturated heterocycles. The summed E-state index contributed by atoms with van der Waals surface area (Å²) < 4.78 is 1.96. The number of anilines is 1. The van der Waals surface area contributed by atoms with Crippen molar-refractivity contribution in [3.63, 3.8) is 0 Å². The van der Waals surface area contributed by atoms with Crippen LogP contribution in [-0.2, 0) is 0 Å². The number of fused-ring (bicyclic) bond motifs is 1. The lowest BCUT2D eigenvalue weighted by Crippen LogP contribution is -2.30. The summed E-state index contributed by atoms with van der Waals surface area (Å²) in [5.41, 5.74) is 0.807. The predicted octanol–water partition coefficient (Wildman–Crippen LogP) is 1.23. The molecular formula is C13H20N6. The van der Waals surface area contributed by atoms with Gasteiger partial charge in [0.25, 0.3) is 0 Å². The standard InChI is InChI=1S/C13H20N6/c1-10-17-18-13-12(16-7-8-19(10)13)15-6-4-11-3-2-5-14-9-11/h7-8,11,14H,2-6,9H2,1H3,(H,15,16). The van der Waals surface area contributed by atoms with E-state index in [1.807, 2.05) is 17.5 Å². The minimum atomic E-state index is 0.778. The molecule has 102 valence electrons. The Balaban J connectivity index is 1.62. The van der Waals surface area contributed by atoms with Crippen LogP contribution < -0.4 is 10.6 Å². The third-order valence-corrected chi connectivity index (χ3v) is 3.74. The maximum atomic E-state index is 4.35. The minimum Gasteiger partial charge on any atom is -0.367 e. The van der Waals surface area contributed by atoms with Crippen molar-refractivity contribution in [2.24, 2.45) is 5.92 Å². The van der Waals surface area contributed by atoms with Gasteiger partial charge >= 0.3 is 0 Å². The van der Waals surface area contributed by atoms with Crippen molar-refractivity contribution in [1.82, 2.24) is 24.9 Å². The molecule has 1 fully saturated rings. The van der Waals surface area contributed by atoms with E-state index in [0.717, 1.165) is 36.3 Å². The zero-order valence-electron chi connectivity index (χ0n) is 11.3. The number of nitrogens with zero attached hydrogens (tertiary/aromatic N) is 4. The Kier molecular flexibility index (Phi) is 3.59. The van der Waals surface area contributed by atoms with Crippen LogP contribution in [0.3, 0.4) is 0 Å². The van der Waals surface area contributed by atoms with Crippen molar-refractivity contribution in [2.75, 3.05) is 25.0 Å². The average Bonchev–Trinajstić information content (AvgIpc) is 2.83. The average molecular weight is 260 g/mol. The van der Waals surface area contributed by atoms with Gasteiger partial charge in [-0.15, -0.1) is 10.2 Å². The Morgan fingerprint density at radius 3 is 3.26 bits per heavy atom. The molecule has 3 heterocycles. The number of aromatic nitrogens is 4. The normalized spacial score (nSPS) is 19.7. The Morgan fingerprint density at radius 2 is 2.42 bits per heavy atom. The van der Waals surface area contributed by atoms with Crippen LogP contribution in [0.1, 0.15) is 25.1 Å². The molecule has 1 unspecified atom stereocenters. The van der Waals surface area contributed by atoms with Gasteiger partial charge in [0.05, 0.1) is 0 Å². The van der Waals surface area contributed by atoms with Crippen molar-refractivity contribution in [3.8, 4) is 0 Å². The molecule has 2 N–H and O–H groups in total. The van der Waals surface area contributed by atoms with Crippen molar-refractivity contribution in [2.45, 2.75) is 26.2 Å². The number of hydrogen-bond acceptors (Lipinski definition) is 5. The second-order valence-electron chi connectivity index (χ2n) is 5.14. The monoisotopic (exact) mass is 260 g/mol. The smallest absolute Gasteiger partial charge is 0.203 e. The van der Waals surface area contributed by atoms with Crippen molar-refractivity contribution in [3.05, 3.63) is 18.2 Å². The van der Waals surface area contributed by atoms with Gasteiger partial charge in [-0.3, -0.25) is 4.40 Å². The summed E-state index contributed by atoms with van der Waals surface area (Å²) in [6.45, 7) is 5.19. The fraction of sp³-hybridized carbons (Fsp3) is 0.615. The summed E-state index contributed by atoms with van der Waals surface area (Å²) in [7, 11) is 0. The molecule has 2 aromatic heterocycles. The van der Waals surface area contributed by atoms with Gasteiger partial charge in [-0.1, -0.05) is 0 Å². The third-order valence-electron chi connectivity index (χ3n) is 3.74. The SMILES string of the molecule is Cc1nnc2c(NCCC3CCCNC3)nccn12. The molecule has 1 aliphatic heterocycles. The molecule has 0 bridgehead atoms. The van der Waals surface area contributed by atoms with Gasteiger partial charge in [-0.05, 0) is 45.2 Å². The summed E-state index contributed by atoms with van der Waals surface area (Å²) in [5.74, 6) is 2.49. The van der Waals surface area contributed by atoms with Crippen LogP contribution in [0.2, 0.25) is 0 Å². The molecule has 6 nitrogen and oxygen atoms in total. The first kappa shape index (κ1) is 12.3. The van der Waals surface area contributed by atoms with Crippen LogP contribution in [0.25, 0.3) is 5.65 Å². The van der Waals surface area contributed by atoms with Gasteiger partial charge in [0.1, 0.15) is 5.82 Å². The Bertz CT molecular complexity index is 543. The lowest BCUT2D eigenvalue weighted by atomic mass is 9.96. The largest absolute Gasteiger partial charge is 0.367 e. The number of aryl methyl sites for hydroxylation is 1. The molecule has 0 radical (unpaired) electrons. The highest BCUT2D eigenvalue weighted by Crippen LogP contribution is 2.16. The quantitative estimate of drug-likeness (QED) is 0.865. The number of rotatable bonds is 4. The third kappa shape index (κ3) is 2.68. The molecule has 0 saturated carbocycles. The number of nitrogens with one attached hydrogen (secondary N) is 2. The first-order valence-electron chi connectivity index (χ1n) is 6.95. The van der Waals surface area contributed by atoms with Gasteiger partial charge in [-0.2, -0.15) is 0 Å². The Hall–Kier alpha value is -1.69. The molecule has 0 aliphatic carbocycles. The second kappa shape index (κ2) is 5.52. The predicted molar refractivity (Wildman–Crippen MR) is 74.2 cm³/mol. The summed E-state index contributed by atoms with van der Waals surface area (Å²) in [4.78, 5) is 4.35.